The summed E-state index contributed by atoms with van der Waals surface area (Å²) in [6.07, 6.45) is 0. The Balaban J connectivity index is 1.29. The predicted molar refractivity (Wildman–Crippen MR) is 199 cm³/mol. The van der Waals surface area contributed by atoms with Crippen LogP contribution in [0.15, 0.2) is 182 Å². The molecule has 0 atom stereocenters. The van der Waals surface area contributed by atoms with Gasteiger partial charge >= 0.3 is 0 Å². The molecule has 1 aliphatic rings. The van der Waals surface area contributed by atoms with Crippen molar-refractivity contribution in [2.75, 3.05) is 0 Å². The van der Waals surface area contributed by atoms with Gasteiger partial charge in [0.25, 0.3) is 0 Å². The second kappa shape index (κ2) is 10.4. The molecule has 0 saturated heterocycles. The van der Waals surface area contributed by atoms with Crippen LogP contribution in [-0.2, 0) is 5.41 Å². The molecule has 0 N–H and O–H groups in total. The number of nitrogens with zero attached hydrogens (tertiary/aromatic N) is 2. The van der Waals surface area contributed by atoms with Crippen LogP contribution in [0.5, 0.6) is 0 Å². The van der Waals surface area contributed by atoms with E-state index in [-0.39, 0.29) is 0 Å². The molecule has 0 fully saturated rings. The summed E-state index contributed by atoms with van der Waals surface area (Å²) in [4.78, 5) is 5.29. The maximum absolute atomic E-state index is 5.29. The number of hydrogen-bond donors (Lipinski definition) is 0. The molecule has 10 rings (SSSR count). The van der Waals surface area contributed by atoms with Gasteiger partial charge in [-0.1, -0.05) is 152 Å². The zero-order valence-corrected chi connectivity index (χ0v) is 26.2. The lowest BCUT2D eigenvalue weighted by Crippen LogP contribution is -2.28. The SMILES string of the molecule is c1ccc(-c2cc(-n3c4ccccc4c4cc(C5(c6ccccc6)c6ccccc6-c6ccccc65)ccc43)nc3ccccc23)cc1. The van der Waals surface area contributed by atoms with E-state index in [4.69, 9.17) is 4.98 Å². The summed E-state index contributed by atoms with van der Waals surface area (Å²) in [6, 6.07) is 66.1. The fraction of sp³-hybridized carbons (Fsp3) is 0.0217. The molecule has 2 heterocycles. The van der Waals surface area contributed by atoms with Crippen molar-refractivity contribution in [2.24, 2.45) is 0 Å². The molecule has 0 spiro atoms. The number of fused-ring (bicyclic) bond motifs is 7. The van der Waals surface area contributed by atoms with Gasteiger partial charge < -0.3 is 0 Å². The minimum absolute atomic E-state index is 0.451. The Bertz CT molecular complexity index is 2620. The van der Waals surface area contributed by atoms with Crippen LogP contribution in [0.1, 0.15) is 22.3 Å². The molecular weight excluding hydrogens is 581 g/mol. The van der Waals surface area contributed by atoms with Crippen LogP contribution in [0.2, 0.25) is 0 Å². The number of aromatic nitrogens is 2. The predicted octanol–water partition coefficient (Wildman–Crippen LogP) is 11.4. The van der Waals surface area contributed by atoms with Gasteiger partial charge in [0, 0.05) is 16.2 Å². The highest BCUT2D eigenvalue weighted by atomic mass is 15.1. The van der Waals surface area contributed by atoms with Crippen LogP contribution in [0.25, 0.3) is 60.8 Å². The molecule has 2 aromatic heterocycles. The minimum Gasteiger partial charge on any atom is -0.294 e. The standard InChI is InChI=1S/C46H30N2/c1-3-15-31(16-4-1)38-30-45(47-42-25-13-9-21-36(38)42)48-43-26-14-10-22-37(43)39-29-33(27-28-44(39)48)46(32-17-5-2-6-18-32)40-23-11-7-19-34(40)35-20-8-12-24-41(35)46/h1-30H. The molecule has 0 unspecified atom stereocenters. The first-order valence-electron chi connectivity index (χ1n) is 16.6. The summed E-state index contributed by atoms with van der Waals surface area (Å²) in [5.41, 5.74) is 13.0. The maximum atomic E-state index is 5.29. The summed E-state index contributed by atoms with van der Waals surface area (Å²) < 4.78 is 2.35. The van der Waals surface area contributed by atoms with Gasteiger partial charge in [-0.3, -0.25) is 4.57 Å². The second-order valence-electron chi connectivity index (χ2n) is 12.7. The van der Waals surface area contributed by atoms with Crippen LogP contribution in [0.3, 0.4) is 0 Å². The molecule has 0 aliphatic heterocycles. The van der Waals surface area contributed by atoms with Crippen LogP contribution in [0.4, 0.5) is 0 Å². The highest BCUT2D eigenvalue weighted by Crippen LogP contribution is 2.56. The fourth-order valence-corrected chi connectivity index (χ4v) is 8.30. The van der Waals surface area contributed by atoms with Gasteiger partial charge in [-0.2, -0.15) is 0 Å². The van der Waals surface area contributed by atoms with Crippen LogP contribution >= 0.6 is 0 Å². The molecule has 0 saturated carbocycles. The van der Waals surface area contributed by atoms with E-state index in [1.54, 1.807) is 0 Å². The van der Waals surface area contributed by atoms with Crippen molar-refractivity contribution in [3.8, 4) is 28.1 Å². The topological polar surface area (TPSA) is 17.8 Å². The number of para-hydroxylation sites is 2. The molecule has 7 aromatic carbocycles. The Labute approximate surface area is 279 Å². The number of benzene rings is 7. The first-order chi connectivity index (χ1) is 23.8. The smallest absolute Gasteiger partial charge is 0.138 e. The van der Waals surface area contributed by atoms with E-state index in [1.165, 1.54) is 55.3 Å². The third-order valence-corrected chi connectivity index (χ3v) is 10.3. The maximum Gasteiger partial charge on any atom is 0.138 e. The number of hydrogen-bond acceptors (Lipinski definition) is 1. The van der Waals surface area contributed by atoms with E-state index in [2.05, 4.69) is 187 Å². The van der Waals surface area contributed by atoms with E-state index in [0.717, 1.165) is 27.8 Å². The summed E-state index contributed by atoms with van der Waals surface area (Å²) in [5, 5.41) is 3.59. The van der Waals surface area contributed by atoms with Gasteiger partial charge in [0.2, 0.25) is 0 Å². The van der Waals surface area contributed by atoms with Gasteiger partial charge in [-0.05, 0) is 74.8 Å². The molecule has 0 bridgehead atoms. The Hall–Kier alpha value is -6.25. The van der Waals surface area contributed by atoms with Crippen molar-refractivity contribution in [1.29, 1.82) is 0 Å². The molecule has 0 amide bonds. The third-order valence-electron chi connectivity index (χ3n) is 10.3. The summed E-state index contributed by atoms with van der Waals surface area (Å²) in [7, 11) is 0. The molecule has 224 valence electrons. The van der Waals surface area contributed by atoms with Gasteiger partial charge in [-0.15, -0.1) is 0 Å². The first kappa shape index (κ1) is 26.9. The van der Waals surface area contributed by atoms with Crippen molar-refractivity contribution >= 4 is 32.7 Å². The zero-order chi connectivity index (χ0) is 31.7. The Kier molecular flexibility index (Phi) is 5.82. The van der Waals surface area contributed by atoms with Gasteiger partial charge in [0.05, 0.1) is 22.0 Å². The average molecular weight is 611 g/mol. The van der Waals surface area contributed by atoms with Crippen molar-refractivity contribution in [2.45, 2.75) is 5.41 Å². The quantitative estimate of drug-likeness (QED) is 0.194. The van der Waals surface area contributed by atoms with Crippen LogP contribution in [0, 0.1) is 0 Å². The average Bonchev–Trinajstić information content (AvgIpc) is 3.66. The first-order valence-corrected chi connectivity index (χ1v) is 16.6. The van der Waals surface area contributed by atoms with Gasteiger partial charge in [0.15, 0.2) is 0 Å². The minimum atomic E-state index is -0.451. The normalized spacial score (nSPS) is 13.2. The number of pyridine rings is 1. The monoisotopic (exact) mass is 610 g/mol. The lowest BCUT2D eigenvalue weighted by Gasteiger charge is -2.34. The van der Waals surface area contributed by atoms with Gasteiger partial charge in [0.1, 0.15) is 5.82 Å². The summed E-state index contributed by atoms with van der Waals surface area (Å²) in [6.45, 7) is 0. The molecule has 48 heavy (non-hydrogen) atoms. The van der Waals surface area contributed by atoms with Crippen molar-refractivity contribution in [3.63, 3.8) is 0 Å². The molecule has 9 aromatic rings. The lowest BCUT2D eigenvalue weighted by molar-refractivity contribution is 0.770. The van der Waals surface area contributed by atoms with Gasteiger partial charge in [-0.25, -0.2) is 4.98 Å². The fourth-order valence-electron chi connectivity index (χ4n) is 8.30. The summed E-state index contributed by atoms with van der Waals surface area (Å²) in [5.74, 6) is 0.917. The van der Waals surface area contributed by atoms with Crippen molar-refractivity contribution in [1.82, 2.24) is 9.55 Å². The highest BCUT2D eigenvalue weighted by molar-refractivity contribution is 6.10. The van der Waals surface area contributed by atoms with Crippen molar-refractivity contribution < 1.29 is 0 Å². The van der Waals surface area contributed by atoms with E-state index in [1.807, 2.05) is 0 Å². The Morgan fingerprint density at radius 1 is 0.396 bits per heavy atom. The van der Waals surface area contributed by atoms with Crippen LogP contribution < -0.4 is 0 Å². The Morgan fingerprint density at radius 3 is 1.73 bits per heavy atom. The molecular formula is C46H30N2. The molecule has 2 heteroatoms. The van der Waals surface area contributed by atoms with E-state index >= 15 is 0 Å². The lowest BCUT2D eigenvalue weighted by atomic mass is 9.67. The van der Waals surface area contributed by atoms with Crippen molar-refractivity contribution in [3.05, 3.63) is 204 Å². The molecule has 2 nitrogen and oxygen atoms in total. The third kappa shape index (κ3) is 3.72. The second-order valence-corrected chi connectivity index (χ2v) is 12.7. The number of rotatable bonds is 4. The Morgan fingerprint density at radius 2 is 0.979 bits per heavy atom. The van der Waals surface area contributed by atoms with E-state index < -0.39 is 5.41 Å². The van der Waals surface area contributed by atoms with Crippen LogP contribution in [-0.4, -0.2) is 9.55 Å². The molecule has 1 aliphatic carbocycles. The van der Waals surface area contributed by atoms with E-state index in [9.17, 15) is 0 Å². The molecule has 0 radical (unpaired) electrons. The summed E-state index contributed by atoms with van der Waals surface area (Å²) >= 11 is 0. The van der Waals surface area contributed by atoms with E-state index in [0.29, 0.717) is 0 Å². The zero-order valence-electron chi connectivity index (χ0n) is 26.2. The largest absolute Gasteiger partial charge is 0.294 e. The highest BCUT2D eigenvalue weighted by Gasteiger charge is 2.46.